The lowest BCUT2D eigenvalue weighted by Crippen LogP contribution is -2.51. The average Bonchev–Trinajstić information content (AvgIpc) is 2.98. The van der Waals surface area contributed by atoms with E-state index in [1.807, 2.05) is 0 Å². The lowest BCUT2D eigenvalue weighted by atomic mass is 10.1. The van der Waals surface area contributed by atoms with Gasteiger partial charge in [-0.2, -0.15) is 15.4 Å². The standard InChI is InChI=1S/C9H9N7O3/c17-8(6-1-10-13-11-6)15-2-5(3-15)16-4-7(9(18)19)12-14-16/h1,4-5H,2-3H2,(H,18,19)(H,10,11,13). The van der Waals surface area contributed by atoms with Crippen molar-refractivity contribution in [2.24, 2.45) is 0 Å². The van der Waals surface area contributed by atoms with E-state index in [1.165, 1.54) is 17.1 Å². The van der Waals surface area contributed by atoms with Crippen molar-refractivity contribution in [3.63, 3.8) is 0 Å². The zero-order valence-corrected chi connectivity index (χ0v) is 9.59. The van der Waals surface area contributed by atoms with Crippen LogP contribution in [0, 0.1) is 0 Å². The molecule has 1 aliphatic rings. The maximum absolute atomic E-state index is 11.8. The third-order valence-corrected chi connectivity index (χ3v) is 2.89. The second-order valence-electron chi connectivity index (χ2n) is 4.11. The minimum absolute atomic E-state index is 0.0588. The molecule has 19 heavy (non-hydrogen) atoms. The molecule has 3 heterocycles. The molecule has 0 unspecified atom stereocenters. The molecule has 1 amide bonds. The fourth-order valence-corrected chi connectivity index (χ4v) is 1.81. The van der Waals surface area contributed by atoms with Gasteiger partial charge in [0.2, 0.25) is 0 Å². The lowest BCUT2D eigenvalue weighted by Gasteiger charge is -2.38. The highest BCUT2D eigenvalue weighted by molar-refractivity contribution is 5.92. The number of carboxylic acids is 1. The summed E-state index contributed by atoms with van der Waals surface area (Å²) in [5.74, 6) is -1.34. The Morgan fingerprint density at radius 1 is 1.37 bits per heavy atom. The Kier molecular flexibility index (Phi) is 2.47. The first-order chi connectivity index (χ1) is 9.15. The number of H-pyrrole nitrogens is 1. The van der Waals surface area contributed by atoms with E-state index in [0.29, 0.717) is 13.1 Å². The summed E-state index contributed by atoms with van der Waals surface area (Å²) >= 11 is 0. The Labute approximate surface area is 106 Å². The molecule has 0 saturated carbocycles. The lowest BCUT2D eigenvalue weighted by molar-refractivity contribution is 0.0491. The number of aromatic nitrogens is 6. The monoisotopic (exact) mass is 263 g/mol. The van der Waals surface area contributed by atoms with Crippen LogP contribution in [0.4, 0.5) is 0 Å². The average molecular weight is 263 g/mol. The van der Waals surface area contributed by atoms with Crippen LogP contribution in [0.1, 0.15) is 27.0 Å². The topological polar surface area (TPSA) is 130 Å². The SMILES string of the molecule is O=C(O)c1cn(C2CN(C(=O)c3cn[nH]n3)C2)nn1. The fourth-order valence-electron chi connectivity index (χ4n) is 1.81. The Morgan fingerprint density at radius 2 is 2.16 bits per heavy atom. The largest absolute Gasteiger partial charge is 0.476 e. The number of rotatable bonds is 3. The van der Waals surface area contributed by atoms with E-state index < -0.39 is 5.97 Å². The number of carboxylic acid groups (broad SMARTS) is 1. The van der Waals surface area contributed by atoms with Crippen molar-refractivity contribution >= 4 is 11.9 Å². The number of hydrogen-bond acceptors (Lipinski definition) is 6. The molecule has 2 aromatic rings. The molecule has 1 fully saturated rings. The van der Waals surface area contributed by atoms with Crippen LogP contribution in [0.3, 0.4) is 0 Å². The van der Waals surface area contributed by atoms with Gasteiger partial charge in [0.1, 0.15) is 0 Å². The molecule has 10 heteroatoms. The normalized spacial score (nSPS) is 15.3. The molecule has 1 aliphatic heterocycles. The fraction of sp³-hybridized carbons (Fsp3) is 0.333. The molecule has 1 saturated heterocycles. The highest BCUT2D eigenvalue weighted by Crippen LogP contribution is 2.21. The van der Waals surface area contributed by atoms with E-state index in [0.717, 1.165) is 0 Å². The summed E-state index contributed by atoms with van der Waals surface area (Å²) in [5, 5.41) is 25.6. The summed E-state index contributed by atoms with van der Waals surface area (Å²) in [7, 11) is 0. The maximum Gasteiger partial charge on any atom is 0.358 e. The highest BCUT2D eigenvalue weighted by Gasteiger charge is 2.34. The van der Waals surface area contributed by atoms with Gasteiger partial charge in [0.15, 0.2) is 11.4 Å². The first-order valence-corrected chi connectivity index (χ1v) is 5.45. The molecule has 2 N–H and O–H groups in total. The predicted octanol–water partition coefficient (Wildman–Crippen LogP) is -1.21. The summed E-state index contributed by atoms with van der Waals surface area (Å²) in [6.07, 6.45) is 2.71. The molecule has 10 nitrogen and oxygen atoms in total. The van der Waals surface area contributed by atoms with Gasteiger partial charge in [-0.15, -0.1) is 5.10 Å². The van der Waals surface area contributed by atoms with E-state index >= 15 is 0 Å². The second-order valence-corrected chi connectivity index (χ2v) is 4.11. The molecule has 0 radical (unpaired) electrons. The summed E-state index contributed by atoms with van der Waals surface area (Å²) in [4.78, 5) is 24.1. The molecule has 2 aromatic heterocycles. The minimum atomic E-state index is -1.12. The van der Waals surface area contributed by atoms with Crippen LogP contribution >= 0.6 is 0 Å². The molecule has 0 bridgehead atoms. The zero-order chi connectivity index (χ0) is 13.4. The zero-order valence-electron chi connectivity index (χ0n) is 9.59. The van der Waals surface area contributed by atoms with E-state index in [-0.39, 0.29) is 23.3 Å². The maximum atomic E-state index is 11.8. The van der Waals surface area contributed by atoms with Crippen LogP contribution in [0.15, 0.2) is 12.4 Å². The minimum Gasteiger partial charge on any atom is -0.476 e. The first-order valence-electron chi connectivity index (χ1n) is 5.45. The number of nitrogens with zero attached hydrogens (tertiary/aromatic N) is 6. The number of nitrogens with one attached hydrogen (secondary N) is 1. The molecular weight excluding hydrogens is 254 g/mol. The number of carbonyl (C=O) groups is 2. The van der Waals surface area contributed by atoms with Crippen LogP contribution in [0.5, 0.6) is 0 Å². The molecule has 3 rings (SSSR count). The number of aromatic carboxylic acids is 1. The van der Waals surface area contributed by atoms with Gasteiger partial charge < -0.3 is 10.0 Å². The van der Waals surface area contributed by atoms with E-state index in [1.54, 1.807) is 4.90 Å². The van der Waals surface area contributed by atoms with Gasteiger partial charge in [-0.1, -0.05) is 5.21 Å². The van der Waals surface area contributed by atoms with Crippen LogP contribution in [-0.4, -0.2) is 65.4 Å². The van der Waals surface area contributed by atoms with Crippen molar-refractivity contribution in [1.29, 1.82) is 0 Å². The molecular formula is C9H9N7O3. The van der Waals surface area contributed by atoms with Gasteiger partial charge in [0.25, 0.3) is 5.91 Å². The van der Waals surface area contributed by atoms with Gasteiger partial charge in [0.05, 0.1) is 18.4 Å². The van der Waals surface area contributed by atoms with Crippen molar-refractivity contribution in [3.05, 3.63) is 23.8 Å². The Morgan fingerprint density at radius 3 is 2.74 bits per heavy atom. The number of aromatic amines is 1. The van der Waals surface area contributed by atoms with E-state index in [2.05, 4.69) is 25.7 Å². The highest BCUT2D eigenvalue weighted by atomic mass is 16.4. The number of carbonyl (C=O) groups excluding carboxylic acids is 1. The summed E-state index contributed by atoms with van der Waals surface area (Å²) in [5.41, 5.74) is 0.143. The van der Waals surface area contributed by atoms with Crippen molar-refractivity contribution in [2.45, 2.75) is 6.04 Å². The predicted molar refractivity (Wildman–Crippen MR) is 58.3 cm³/mol. The Bertz CT molecular complexity index is 614. The van der Waals surface area contributed by atoms with Crippen LogP contribution in [0.2, 0.25) is 0 Å². The summed E-state index contributed by atoms with van der Waals surface area (Å²) < 4.78 is 1.45. The van der Waals surface area contributed by atoms with Crippen molar-refractivity contribution in [3.8, 4) is 0 Å². The van der Waals surface area contributed by atoms with Gasteiger partial charge in [-0.05, 0) is 0 Å². The summed E-state index contributed by atoms with van der Waals surface area (Å²) in [6.45, 7) is 0.877. The molecule has 0 spiro atoms. The molecule has 0 aromatic carbocycles. The first kappa shape index (κ1) is 11.3. The van der Waals surface area contributed by atoms with E-state index in [9.17, 15) is 9.59 Å². The van der Waals surface area contributed by atoms with Gasteiger partial charge in [-0.25, -0.2) is 9.48 Å². The van der Waals surface area contributed by atoms with Crippen LogP contribution < -0.4 is 0 Å². The van der Waals surface area contributed by atoms with Gasteiger partial charge >= 0.3 is 5.97 Å². The number of hydrogen-bond donors (Lipinski definition) is 2. The molecule has 98 valence electrons. The second kappa shape index (κ2) is 4.15. The number of amides is 1. The van der Waals surface area contributed by atoms with Gasteiger partial charge in [0, 0.05) is 13.1 Å². The molecule has 0 aliphatic carbocycles. The number of likely N-dealkylation sites (tertiary alicyclic amines) is 1. The Balaban J connectivity index is 1.63. The third-order valence-electron chi connectivity index (χ3n) is 2.89. The third kappa shape index (κ3) is 1.92. The quantitative estimate of drug-likeness (QED) is 0.710. The van der Waals surface area contributed by atoms with Crippen LogP contribution in [0.25, 0.3) is 0 Å². The summed E-state index contributed by atoms with van der Waals surface area (Å²) in [6, 6.07) is -0.0588. The molecule has 0 atom stereocenters. The Hall–Kier alpha value is -2.78. The van der Waals surface area contributed by atoms with Crippen molar-refractivity contribution < 1.29 is 14.7 Å². The smallest absolute Gasteiger partial charge is 0.358 e. The van der Waals surface area contributed by atoms with E-state index in [4.69, 9.17) is 5.11 Å². The van der Waals surface area contributed by atoms with Gasteiger partial charge in [-0.3, -0.25) is 4.79 Å². The van der Waals surface area contributed by atoms with Crippen molar-refractivity contribution in [1.82, 2.24) is 35.3 Å². The van der Waals surface area contributed by atoms with Crippen LogP contribution in [-0.2, 0) is 0 Å². The van der Waals surface area contributed by atoms with Crippen molar-refractivity contribution in [2.75, 3.05) is 13.1 Å².